The average molecular weight is 314 g/mol. The second-order valence-corrected chi connectivity index (χ2v) is 5.42. The van der Waals surface area contributed by atoms with Crippen molar-refractivity contribution in [1.82, 2.24) is 0 Å². The highest BCUT2D eigenvalue weighted by Gasteiger charge is 2.40. The van der Waals surface area contributed by atoms with E-state index in [4.69, 9.17) is 9.47 Å². The Kier molecular flexibility index (Phi) is 10.5. The van der Waals surface area contributed by atoms with Gasteiger partial charge in [-0.1, -0.05) is 33.6 Å². The molecule has 0 radical (unpaired) electrons. The number of esters is 2. The summed E-state index contributed by atoms with van der Waals surface area (Å²) in [6, 6.07) is 0. The van der Waals surface area contributed by atoms with Gasteiger partial charge in [0.25, 0.3) is 0 Å². The highest BCUT2D eigenvalue weighted by atomic mass is 16.6. The number of hydrogen-bond acceptors (Lipinski definition) is 5. The predicted molar refractivity (Wildman–Crippen MR) is 84.2 cm³/mol. The van der Waals surface area contributed by atoms with E-state index < -0.39 is 23.8 Å². The average Bonchev–Trinajstić information content (AvgIpc) is 2.48. The summed E-state index contributed by atoms with van der Waals surface area (Å²) in [5, 5.41) is 0. The van der Waals surface area contributed by atoms with Gasteiger partial charge in [-0.2, -0.15) is 0 Å². The zero-order valence-electron chi connectivity index (χ0n) is 14.5. The number of carbonyl (C=O) groups is 3. The molecule has 0 amide bonds. The summed E-state index contributed by atoms with van der Waals surface area (Å²) in [7, 11) is 0. The zero-order chi connectivity index (χ0) is 17.1. The fourth-order valence-corrected chi connectivity index (χ4v) is 2.50. The normalized spacial score (nSPS) is 13.5. The van der Waals surface area contributed by atoms with Gasteiger partial charge >= 0.3 is 11.9 Å². The van der Waals surface area contributed by atoms with Crippen LogP contribution in [0.3, 0.4) is 0 Å². The molecule has 0 fully saturated rings. The second-order valence-electron chi connectivity index (χ2n) is 5.42. The van der Waals surface area contributed by atoms with E-state index in [1.165, 1.54) is 0 Å². The van der Waals surface area contributed by atoms with E-state index in [0.717, 1.165) is 19.3 Å². The molecule has 2 unspecified atom stereocenters. The molecule has 2 atom stereocenters. The van der Waals surface area contributed by atoms with Gasteiger partial charge in [0.15, 0.2) is 5.92 Å². The van der Waals surface area contributed by atoms with E-state index in [9.17, 15) is 14.4 Å². The van der Waals surface area contributed by atoms with E-state index in [-0.39, 0.29) is 24.9 Å². The Morgan fingerprint density at radius 1 is 0.909 bits per heavy atom. The van der Waals surface area contributed by atoms with Gasteiger partial charge in [-0.25, -0.2) is 0 Å². The van der Waals surface area contributed by atoms with Gasteiger partial charge in [0.05, 0.1) is 13.2 Å². The molecule has 0 saturated carbocycles. The lowest BCUT2D eigenvalue weighted by Gasteiger charge is -2.23. The van der Waals surface area contributed by atoms with E-state index in [1.807, 2.05) is 6.92 Å². The van der Waals surface area contributed by atoms with Crippen LogP contribution in [0.1, 0.15) is 60.3 Å². The molecule has 0 aromatic heterocycles. The molecular weight excluding hydrogens is 284 g/mol. The van der Waals surface area contributed by atoms with Gasteiger partial charge in [0.2, 0.25) is 0 Å². The van der Waals surface area contributed by atoms with Crippen LogP contribution >= 0.6 is 0 Å². The molecule has 0 N–H and O–H groups in total. The Labute approximate surface area is 133 Å². The van der Waals surface area contributed by atoms with Gasteiger partial charge in [-0.3, -0.25) is 14.4 Å². The van der Waals surface area contributed by atoms with Crippen LogP contribution in [0.2, 0.25) is 0 Å². The lowest BCUT2D eigenvalue weighted by molar-refractivity contribution is -0.166. The van der Waals surface area contributed by atoms with Crippen LogP contribution in [-0.4, -0.2) is 30.9 Å². The summed E-state index contributed by atoms with van der Waals surface area (Å²) < 4.78 is 9.89. The summed E-state index contributed by atoms with van der Waals surface area (Å²) in [6.07, 6.45) is 3.47. The van der Waals surface area contributed by atoms with Gasteiger partial charge < -0.3 is 9.47 Å². The summed E-state index contributed by atoms with van der Waals surface area (Å²) in [5.41, 5.74) is 0. The molecule has 0 heterocycles. The largest absolute Gasteiger partial charge is 0.465 e. The molecule has 0 spiro atoms. The van der Waals surface area contributed by atoms with Crippen LogP contribution in [0.15, 0.2) is 0 Å². The predicted octanol–water partition coefficient (Wildman–Crippen LogP) is 3.15. The minimum atomic E-state index is -1.16. The molecule has 5 heteroatoms. The third kappa shape index (κ3) is 6.16. The van der Waals surface area contributed by atoms with Crippen molar-refractivity contribution in [3.05, 3.63) is 0 Å². The number of carbonyl (C=O) groups excluding carboxylic acids is 3. The quantitative estimate of drug-likeness (QED) is 0.433. The molecule has 0 bridgehead atoms. The minimum Gasteiger partial charge on any atom is -0.465 e. The Bertz CT molecular complexity index is 346. The van der Waals surface area contributed by atoms with Crippen LogP contribution in [0.4, 0.5) is 0 Å². The topological polar surface area (TPSA) is 69.7 Å². The van der Waals surface area contributed by atoms with Gasteiger partial charge in [-0.05, 0) is 26.7 Å². The molecule has 5 nitrogen and oxygen atoms in total. The number of hydrogen-bond donors (Lipinski definition) is 0. The first-order valence-electron chi connectivity index (χ1n) is 8.31. The number of rotatable bonds is 11. The number of ether oxygens (including phenoxy) is 2. The number of ketones is 1. The smallest absolute Gasteiger partial charge is 0.321 e. The van der Waals surface area contributed by atoms with E-state index in [1.54, 1.807) is 20.8 Å². The van der Waals surface area contributed by atoms with Crippen LogP contribution in [0.25, 0.3) is 0 Å². The Balaban J connectivity index is 5.14. The molecule has 0 aliphatic heterocycles. The van der Waals surface area contributed by atoms with Gasteiger partial charge in [0, 0.05) is 11.8 Å². The van der Waals surface area contributed by atoms with Crippen molar-refractivity contribution in [3.8, 4) is 0 Å². The lowest BCUT2D eigenvalue weighted by atomic mass is 9.81. The van der Waals surface area contributed by atoms with Crippen LogP contribution in [-0.2, 0) is 23.9 Å². The first-order valence-corrected chi connectivity index (χ1v) is 8.31. The molecule has 0 aromatic rings. The monoisotopic (exact) mass is 314 g/mol. The third-order valence-corrected chi connectivity index (χ3v) is 3.83. The highest BCUT2D eigenvalue weighted by Crippen LogP contribution is 2.25. The summed E-state index contributed by atoms with van der Waals surface area (Å²) in [5.74, 6) is -3.41. The fourth-order valence-electron chi connectivity index (χ4n) is 2.50. The fraction of sp³-hybridized carbons (Fsp3) is 0.824. The zero-order valence-corrected chi connectivity index (χ0v) is 14.5. The molecule has 0 aliphatic rings. The van der Waals surface area contributed by atoms with Gasteiger partial charge in [0.1, 0.15) is 5.78 Å². The molecular formula is C17H30O5. The highest BCUT2D eigenvalue weighted by molar-refractivity contribution is 6.00. The molecule has 0 rings (SSSR count). The van der Waals surface area contributed by atoms with Crippen molar-refractivity contribution in [1.29, 1.82) is 0 Å². The van der Waals surface area contributed by atoms with E-state index in [2.05, 4.69) is 6.92 Å². The number of Topliss-reactive ketones (excluding diaryl/α,β-unsaturated/α-hetero) is 1. The molecule has 0 aromatic carbocycles. The SMILES string of the molecule is CCCCC(CC)C(=O)C(C)C(C(=O)OCC)C(=O)OCC. The maximum Gasteiger partial charge on any atom is 0.321 e. The van der Waals surface area contributed by atoms with Crippen molar-refractivity contribution in [3.63, 3.8) is 0 Å². The van der Waals surface area contributed by atoms with Crippen molar-refractivity contribution in [2.45, 2.75) is 60.3 Å². The van der Waals surface area contributed by atoms with Crippen molar-refractivity contribution >= 4 is 17.7 Å². The third-order valence-electron chi connectivity index (χ3n) is 3.83. The van der Waals surface area contributed by atoms with Crippen molar-refractivity contribution in [2.75, 3.05) is 13.2 Å². The Hall–Kier alpha value is -1.39. The molecule has 22 heavy (non-hydrogen) atoms. The standard InChI is InChI=1S/C17H30O5/c1-6-10-11-13(7-2)15(18)12(5)14(16(19)21-8-3)17(20)22-9-4/h12-14H,6-11H2,1-5H3. The van der Waals surface area contributed by atoms with Crippen LogP contribution in [0, 0.1) is 17.8 Å². The Morgan fingerprint density at radius 2 is 1.41 bits per heavy atom. The van der Waals surface area contributed by atoms with Crippen LogP contribution < -0.4 is 0 Å². The molecule has 0 saturated heterocycles. The molecule has 0 aliphatic carbocycles. The minimum absolute atomic E-state index is 0.0537. The van der Waals surface area contributed by atoms with E-state index in [0.29, 0.717) is 6.42 Å². The first kappa shape index (κ1) is 20.6. The lowest BCUT2D eigenvalue weighted by Crippen LogP contribution is -2.39. The maximum atomic E-state index is 12.6. The van der Waals surface area contributed by atoms with E-state index >= 15 is 0 Å². The van der Waals surface area contributed by atoms with Crippen LogP contribution in [0.5, 0.6) is 0 Å². The Morgan fingerprint density at radius 3 is 1.77 bits per heavy atom. The maximum absolute atomic E-state index is 12.6. The van der Waals surface area contributed by atoms with Crippen molar-refractivity contribution in [2.24, 2.45) is 17.8 Å². The first-order chi connectivity index (χ1) is 10.4. The summed E-state index contributed by atoms with van der Waals surface area (Å²) >= 11 is 0. The van der Waals surface area contributed by atoms with Gasteiger partial charge in [-0.15, -0.1) is 0 Å². The second kappa shape index (κ2) is 11.2. The summed E-state index contributed by atoms with van der Waals surface area (Å²) in [4.78, 5) is 36.7. The van der Waals surface area contributed by atoms with Crippen molar-refractivity contribution < 1.29 is 23.9 Å². The number of unbranched alkanes of at least 4 members (excludes halogenated alkanes) is 1. The molecule has 128 valence electrons. The summed E-state index contributed by atoms with van der Waals surface area (Å²) in [6.45, 7) is 9.32.